The standard InChI is InChI=1S/C30H30N4O5/c1-15(35)32(3)20-14-33-18-12-8-6-10-16(18)21-23-24(29(37)31-28(23)36)22-17-11-7-9-13-19(17)34(26(22)25(21)33)30(2,39-5)27(20)38-4/h6-13,20,27,29,37H,14H2,1-5H3,(H,31,36). The Morgan fingerprint density at radius 2 is 1.69 bits per heavy atom. The van der Waals surface area contributed by atoms with E-state index in [9.17, 15) is 14.7 Å². The maximum Gasteiger partial charge on any atom is 0.254 e. The molecule has 0 fully saturated rings. The fraction of sp³-hybridized carbons (Fsp3) is 0.333. The van der Waals surface area contributed by atoms with Gasteiger partial charge in [0.25, 0.3) is 5.91 Å². The van der Waals surface area contributed by atoms with Crippen molar-refractivity contribution in [2.75, 3.05) is 21.3 Å². The second kappa shape index (κ2) is 8.05. The number of aromatic nitrogens is 2. The molecule has 2 N–H and O–H groups in total. The third kappa shape index (κ3) is 2.84. The van der Waals surface area contributed by atoms with Gasteiger partial charge in [0.2, 0.25) is 5.91 Å². The SMILES string of the molecule is COC1C(N(C)C(C)=O)Cn2c3ccccc3c3c4c(c5c6ccccc6n(c5c32)C1(C)OC)C(O)NC4=O. The number of methoxy groups -OCH3 is 2. The Morgan fingerprint density at radius 1 is 1.05 bits per heavy atom. The number of benzene rings is 3. The molecule has 0 spiro atoms. The number of hydrogen-bond acceptors (Lipinski definition) is 5. The lowest BCUT2D eigenvalue weighted by Gasteiger charge is -2.45. The molecule has 0 saturated heterocycles. The number of fused-ring (bicyclic) bond motifs is 9. The van der Waals surface area contributed by atoms with Gasteiger partial charge in [-0.15, -0.1) is 0 Å². The number of carbonyl (C=O) groups excluding carboxylic acids is 2. The first-order valence-corrected chi connectivity index (χ1v) is 13.0. The van der Waals surface area contributed by atoms with Crippen LogP contribution < -0.4 is 5.32 Å². The predicted molar refractivity (Wildman–Crippen MR) is 149 cm³/mol. The summed E-state index contributed by atoms with van der Waals surface area (Å²) in [6, 6.07) is 15.5. The van der Waals surface area contributed by atoms with Gasteiger partial charge < -0.3 is 33.9 Å². The van der Waals surface area contributed by atoms with Crippen LogP contribution in [0.4, 0.5) is 0 Å². The first kappa shape index (κ1) is 24.1. The van der Waals surface area contributed by atoms with Gasteiger partial charge in [-0.1, -0.05) is 36.4 Å². The number of amides is 2. The molecule has 9 heteroatoms. The van der Waals surface area contributed by atoms with Crippen molar-refractivity contribution in [3.63, 3.8) is 0 Å². The van der Waals surface area contributed by atoms with E-state index in [4.69, 9.17) is 9.47 Å². The molecule has 2 amide bonds. The lowest BCUT2D eigenvalue weighted by atomic mass is 9.94. The van der Waals surface area contributed by atoms with E-state index < -0.39 is 24.1 Å². The third-order valence-electron chi connectivity index (χ3n) is 8.98. The third-order valence-corrected chi connectivity index (χ3v) is 8.98. The van der Waals surface area contributed by atoms with Gasteiger partial charge in [0.1, 0.15) is 6.10 Å². The smallest absolute Gasteiger partial charge is 0.254 e. The van der Waals surface area contributed by atoms with E-state index in [-0.39, 0.29) is 11.8 Å². The second-order valence-corrected chi connectivity index (χ2v) is 10.7. The first-order chi connectivity index (χ1) is 18.7. The molecule has 4 atom stereocenters. The lowest BCUT2D eigenvalue weighted by Crippen LogP contribution is -2.58. The molecule has 4 unspecified atom stereocenters. The van der Waals surface area contributed by atoms with Gasteiger partial charge in [-0.2, -0.15) is 0 Å². The molecule has 2 aromatic heterocycles. The molecular weight excluding hydrogens is 496 g/mol. The maximum absolute atomic E-state index is 13.5. The Labute approximate surface area is 224 Å². The van der Waals surface area contributed by atoms with Crippen molar-refractivity contribution in [1.29, 1.82) is 0 Å². The number of carbonyl (C=O) groups is 2. The topological polar surface area (TPSA) is 98.0 Å². The van der Waals surface area contributed by atoms with Crippen LogP contribution in [0.3, 0.4) is 0 Å². The number of likely N-dealkylation sites (N-methyl/N-ethyl adjacent to an activating group) is 1. The summed E-state index contributed by atoms with van der Waals surface area (Å²) >= 11 is 0. The number of aliphatic hydroxyl groups excluding tert-OH is 1. The molecule has 0 aliphatic carbocycles. The summed E-state index contributed by atoms with van der Waals surface area (Å²) in [5.41, 5.74) is 3.54. The Morgan fingerprint density at radius 3 is 2.33 bits per heavy atom. The zero-order chi connectivity index (χ0) is 27.4. The van der Waals surface area contributed by atoms with Crippen LogP contribution in [0.25, 0.3) is 43.6 Å². The molecular formula is C30H30N4O5. The van der Waals surface area contributed by atoms with Gasteiger partial charge in [-0.05, 0) is 19.1 Å². The average Bonchev–Trinajstić information content (AvgIpc) is 3.54. The van der Waals surface area contributed by atoms with Crippen LogP contribution >= 0.6 is 0 Å². The van der Waals surface area contributed by atoms with Gasteiger partial charge in [-0.25, -0.2) is 0 Å². The number of rotatable bonds is 3. The maximum atomic E-state index is 13.5. The molecule has 2 aliphatic heterocycles. The van der Waals surface area contributed by atoms with Crippen molar-refractivity contribution >= 4 is 55.4 Å². The van der Waals surface area contributed by atoms with Gasteiger partial charge >= 0.3 is 0 Å². The molecule has 0 radical (unpaired) electrons. The molecule has 5 aromatic rings. The van der Waals surface area contributed by atoms with Crippen LogP contribution in [0.1, 0.15) is 36.0 Å². The van der Waals surface area contributed by atoms with E-state index in [2.05, 4.69) is 14.5 Å². The summed E-state index contributed by atoms with van der Waals surface area (Å²) in [5.74, 6) is -0.393. The van der Waals surface area contributed by atoms with Crippen LogP contribution in [0.2, 0.25) is 0 Å². The van der Waals surface area contributed by atoms with E-state index in [1.165, 1.54) is 0 Å². The minimum absolute atomic E-state index is 0.0898. The van der Waals surface area contributed by atoms with Crippen molar-refractivity contribution in [2.45, 2.75) is 44.5 Å². The highest BCUT2D eigenvalue weighted by atomic mass is 16.6. The summed E-state index contributed by atoms with van der Waals surface area (Å²) in [5, 5.41) is 17.4. The second-order valence-electron chi connectivity index (χ2n) is 10.7. The minimum atomic E-state index is -1.15. The quantitative estimate of drug-likeness (QED) is 0.372. The van der Waals surface area contributed by atoms with Crippen LogP contribution in [0, 0.1) is 0 Å². The molecule has 0 saturated carbocycles. The van der Waals surface area contributed by atoms with Gasteiger partial charge in [0.05, 0.1) is 28.2 Å². The van der Waals surface area contributed by atoms with Gasteiger partial charge in [0.15, 0.2) is 12.0 Å². The Bertz CT molecular complexity index is 1870. The van der Waals surface area contributed by atoms with Crippen LogP contribution in [-0.2, 0) is 26.5 Å². The highest BCUT2D eigenvalue weighted by Crippen LogP contribution is 2.50. The summed E-state index contributed by atoms with van der Waals surface area (Å²) in [6.45, 7) is 3.94. The van der Waals surface area contributed by atoms with Crippen molar-refractivity contribution in [2.24, 2.45) is 0 Å². The molecule has 2 aliphatic rings. The number of aliphatic hydroxyl groups is 1. The number of hydrogen-bond donors (Lipinski definition) is 2. The number of nitrogens with zero attached hydrogens (tertiary/aromatic N) is 3. The van der Waals surface area contributed by atoms with Crippen LogP contribution in [0.5, 0.6) is 0 Å². The van der Waals surface area contributed by atoms with E-state index in [0.29, 0.717) is 17.7 Å². The zero-order valence-electron chi connectivity index (χ0n) is 22.5. The normalized spacial score (nSPS) is 24.5. The number of para-hydroxylation sites is 2. The first-order valence-electron chi connectivity index (χ1n) is 13.0. The van der Waals surface area contributed by atoms with E-state index >= 15 is 0 Å². The highest BCUT2D eigenvalue weighted by molar-refractivity contribution is 6.31. The Hall–Kier alpha value is -3.92. The summed E-state index contributed by atoms with van der Waals surface area (Å²) in [4.78, 5) is 28.0. The Balaban J connectivity index is 1.82. The summed E-state index contributed by atoms with van der Waals surface area (Å²) in [7, 11) is 5.09. The number of ether oxygens (including phenoxy) is 2. The fourth-order valence-corrected chi connectivity index (χ4v) is 7.14. The largest absolute Gasteiger partial charge is 0.374 e. The van der Waals surface area contributed by atoms with E-state index in [0.717, 1.165) is 43.6 Å². The molecule has 0 bridgehead atoms. The van der Waals surface area contributed by atoms with Crippen LogP contribution in [-0.4, -0.2) is 64.4 Å². The van der Waals surface area contributed by atoms with Crippen LogP contribution in [0.15, 0.2) is 48.5 Å². The fourth-order valence-electron chi connectivity index (χ4n) is 7.14. The molecule has 200 valence electrons. The van der Waals surface area contributed by atoms with E-state index in [1.807, 2.05) is 55.5 Å². The lowest BCUT2D eigenvalue weighted by molar-refractivity contribution is -0.181. The summed E-state index contributed by atoms with van der Waals surface area (Å²) in [6.07, 6.45) is -1.72. The monoisotopic (exact) mass is 526 g/mol. The Kier molecular flexibility index (Phi) is 4.98. The summed E-state index contributed by atoms with van der Waals surface area (Å²) < 4.78 is 16.9. The molecule has 7 rings (SSSR count). The molecule has 4 heterocycles. The minimum Gasteiger partial charge on any atom is -0.374 e. The van der Waals surface area contributed by atoms with Crippen molar-refractivity contribution in [3.05, 3.63) is 59.7 Å². The van der Waals surface area contributed by atoms with Gasteiger partial charge in [-0.3, -0.25) is 9.59 Å². The van der Waals surface area contributed by atoms with Crippen molar-refractivity contribution in [3.8, 4) is 0 Å². The zero-order valence-corrected chi connectivity index (χ0v) is 22.5. The van der Waals surface area contributed by atoms with Gasteiger partial charge in [0, 0.05) is 67.4 Å². The van der Waals surface area contributed by atoms with Crippen molar-refractivity contribution < 1.29 is 24.2 Å². The molecule has 3 aromatic carbocycles. The average molecular weight is 527 g/mol. The van der Waals surface area contributed by atoms with E-state index in [1.54, 1.807) is 33.1 Å². The predicted octanol–water partition coefficient (Wildman–Crippen LogP) is 3.83. The van der Waals surface area contributed by atoms with Crippen molar-refractivity contribution in [1.82, 2.24) is 19.4 Å². The molecule has 39 heavy (non-hydrogen) atoms. The number of nitrogens with one attached hydrogen (secondary N) is 1. The highest BCUT2D eigenvalue weighted by Gasteiger charge is 2.49. The molecule has 9 nitrogen and oxygen atoms in total.